The third-order valence-corrected chi connectivity index (χ3v) is 4.73. The fourth-order valence-electron chi connectivity index (χ4n) is 2.06. The summed E-state index contributed by atoms with van der Waals surface area (Å²) in [6.07, 6.45) is 0. The average Bonchev–Trinajstić information content (AvgIpc) is 2.66. The molecule has 0 saturated heterocycles. The molecule has 0 spiro atoms. The van der Waals surface area contributed by atoms with E-state index in [1.54, 1.807) is 38.1 Å². The van der Waals surface area contributed by atoms with Gasteiger partial charge in [-0.05, 0) is 62.2 Å². The van der Waals surface area contributed by atoms with Crippen molar-refractivity contribution in [2.75, 3.05) is 17.1 Å². The number of aliphatic hydroxyl groups is 1. The van der Waals surface area contributed by atoms with E-state index in [9.17, 15) is 9.18 Å². The van der Waals surface area contributed by atoms with Crippen molar-refractivity contribution in [2.45, 2.75) is 13.8 Å². The molecule has 28 heavy (non-hydrogen) atoms. The standard InChI is InChI=1S/C18H18ClFN4OS.CH4O/c1-10(21)17(11(2)22)26-24-14-5-3-4-12(8-14)18(25)23-13-6-7-16(20)15(19)9-13;1-2/h3-9,21,24H,22H2,1-2H3,(H,23,25);2H,1H3/b17-11+,21-10?;. The zero-order valence-corrected chi connectivity index (χ0v) is 17.2. The van der Waals surface area contributed by atoms with E-state index in [4.69, 9.17) is 27.9 Å². The predicted molar refractivity (Wildman–Crippen MR) is 115 cm³/mol. The molecule has 9 heteroatoms. The highest BCUT2D eigenvalue weighted by molar-refractivity contribution is 8.05. The molecule has 2 aromatic rings. The number of hydrogen-bond acceptors (Lipinski definition) is 6. The SMILES string of the molecule is CC(=N)/C(SNc1cccc(C(=O)Nc2ccc(F)c(Cl)c2)c1)=C(/C)N.CO. The minimum Gasteiger partial charge on any atom is -0.401 e. The first kappa shape index (κ1) is 23.5. The van der Waals surface area contributed by atoms with E-state index in [1.165, 1.54) is 30.1 Å². The van der Waals surface area contributed by atoms with Crippen molar-refractivity contribution in [1.29, 1.82) is 5.41 Å². The third-order valence-electron chi connectivity index (χ3n) is 3.27. The van der Waals surface area contributed by atoms with Crippen LogP contribution >= 0.6 is 23.5 Å². The number of carbonyl (C=O) groups is 1. The second-order valence-electron chi connectivity index (χ2n) is 5.51. The van der Waals surface area contributed by atoms with Crippen molar-refractivity contribution < 1.29 is 14.3 Å². The number of carbonyl (C=O) groups excluding carboxylic acids is 1. The third kappa shape index (κ3) is 6.88. The summed E-state index contributed by atoms with van der Waals surface area (Å²) in [7, 11) is 1.00. The second-order valence-corrected chi connectivity index (χ2v) is 6.73. The number of rotatable bonds is 6. The van der Waals surface area contributed by atoms with E-state index >= 15 is 0 Å². The maximum atomic E-state index is 13.2. The van der Waals surface area contributed by atoms with Crippen LogP contribution in [0.5, 0.6) is 0 Å². The van der Waals surface area contributed by atoms with Gasteiger partial charge in [0.25, 0.3) is 5.91 Å². The van der Waals surface area contributed by atoms with Crippen molar-refractivity contribution in [3.8, 4) is 0 Å². The molecule has 0 bridgehead atoms. The molecule has 150 valence electrons. The van der Waals surface area contributed by atoms with Crippen LogP contribution in [0.15, 0.2) is 53.1 Å². The average molecular weight is 425 g/mol. The number of allylic oxidation sites excluding steroid dienone is 2. The Kier molecular flexibility index (Phi) is 9.50. The summed E-state index contributed by atoms with van der Waals surface area (Å²) in [4.78, 5) is 13.0. The quantitative estimate of drug-likeness (QED) is 0.343. The summed E-state index contributed by atoms with van der Waals surface area (Å²) in [5, 5.41) is 17.3. The second kappa shape index (κ2) is 11.3. The van der Waals surface area contributed by atoms with Crippen LogP contribution in [0.1, 0.15) is 24.2 Å². The monoisotopic (exact) mass is 424 g/mol. The number of halogens is 2. The minimum atomic E-state index is -0.548. The number of benzene rings is 2. The van der Waals surface area contributed by atoms with Gasteiger partial charge >= 0.3 is 0 Å². The molecule has 0 fully saturated rings. The lowest BCUT2D eigenvalue weighted by Crippen LogP contribution is -2.12. The van der Waals surface area contributed by atoms with Gasteiger partial charge in [0, 0.05) is 35.5 Å². The Bertz CT molecular complexity index is 886. The Balaban J connectivity index is 0.00000190. The first-order valence-electron chi connectivity index (χ1n) is 8.04. The summed E-state index contributed by atoms with van der Waals surface area (Å²) in [5.41, 5.74) is 8.15. The van der Waals surface area contributed by atoms with Crippen LogP contribution in [0.2, 0.25) is 5.02 Å². The summed E-state index contributed by atoms with van der Waals surface area (Å²) in [6.45, 7) is 3.37. The Morgan fingerprint density at radius 2 is 1.86 bits per heavy atom. The molecular formula is C19H22ClFN4O2S. The molecular weight excluding hydrogens is 403 g/mol. The summed E-state index contributed by atoms with van der Waals surface area (Å²) in [5.74, 6) is -0.899. The van der Waals surface area contributed by atoms with Gasteiger partial charge in [0.2, 0.25) is 0 Å². The highest BCUT2D eigenvalue weighted by atomic mass is 35.5. The lowest BCUT2D eigenvalue weighted by Gasteiger charge is -2.11. The van der Waals surface area contributed by atoms with Gasteiger partial charge < -0.3 is 26.3 Å². The van der Waals surface area contributed by atoms with Gasteiger partial charge in [0.15, 0.2) is 0 Å². The molecule has 1 amide bonds. The maximum Gasteiger partial charge on any atom is 0.255 e. The minimum absolute atomic E-state index is 0.0619. The van der Waals surface area contributed by atoms with Crippen LogP contribution in [0.3, 0.4) is 0 Å². The lowest BCUT2D eigenvalue weighted by atomic mass is 10.2. The molecule has 0 heterocycles. The molecule has 0 aliphatic rings. The molecule has 0 aliphatic heterocycles. The molecule has 0 radical (unpaired) electrons. The van der Waals surface area contributed by atoms with E-state index in [0.717, 1.165) is 7.11 Å². The number of nitrogens with one attached hydrogen (secondary N) is 3. The number of hydrogen-bond donors (Lipinski definition) is 5. The largest absolute Gasteiger partial charge is 0.401 e. The number of aliphatic hydroxyl groups excluding tert-OH is 1. The first-order valence-corrected chi connectivity index (χ1v) is 9.23. The van der Waals surface area contributed by atoms with Gasteiger partial charge in [-0.15, -0.1) is 0 Å². The maximum absolute atomic E-state index is 13.2. The van der Waals surface area contributed by atoms with Gasteiger partial charge in [0.05, 0.1) is 9.93 Å². The Hall–Kier alpha value is -2.55. The predicted octanol–water partition coefficient (Wildman–Crippen LogP) is 4.63. The van der Waals surface area contributed by atoms with E-state index in [-0.39, 0.29) is 10.9 Å². The topological polar surface area (TPSA) is 111 Å². The molecule has 2 aromatic carbocycles. The highest BCUT2D eigenvalue weighted by Crippen LogP contribution is 2.24. The van der Waals surface area contributed by atoms with Crippen LogP contribution in [0.4, 0.5) is 15.8 Å². The van der Waals surface area contributed by atoms with Crippen LogP contribution in [0.25, 0.3) is 0 Å². The number of nitrogens with two attached hydrogens (primary N) is 1. The van der Waals surface area contributed by atoms with Crippen LogP contribution in [0, 0.1) is 11.2 Å². The smallest absolute Gasteiger partial charge is 0.255 e. The zero-order chi connectivity index (χ0) is 21.3. The molecule has 0 saturated carbocycles. The molecule has 0 aromatic heterocycles. The number of anilines is 2. The molecule has 0 atom stereocenters. The number of amides is 1. The van der Waals surface area contributed by atoms with Crippen molar-refractivity contribution in [3.05, 3.63) is 69.5 Å². The van der Waals surface area contributed by atoms with Crippen LogP contribution < -0.4 is 15.8 Å². The molecule has 0 aliphatic carbocycles. The van der Waals surface area contributed by atoms with Gasteiger partial charge in [0.1, 0.15) is 5.82 Å². The molecule has 0 unspecified atom stereocenters. The Morgan fingerprint density at radius 3 is 2.43 bits per heavy atom. The van der Waals surface area contributed by atoms with E-state index < -0.39 is 5.82 Å². The van der Waals surface area contributed by atoms with Gasteiger partial charge in [-0.3, -0.25) is 4.79 Å². The molecule has 6 nitrogen and oxygen atoms in total. The summed E-state index contributed by atoms with van der Waals surface area (Å²) >= 11 is 6.93. The van der Waals surface area contributed by atoms with Crippen LogP contribution in [-0.4, -0.2) is 23.8 Å². The summed E-state index contributed by atoms with van der Waals surface area (Å²) in [6, 6.07) is 10.8. The fourth-order valence-corrected chi connectivity index (χ4v) is 2.91. The van der Waals surface area contributed by atoms with E-state index in [2.05, 4.69) is 10.0 Å². The van der Waals surface area contributed by atoms with E-state index in [1.807, 2.05) is 0 Å². The fraction of sp³-hybridized carbons (Fsp3) is 0.158. The summed E-state index contributed by atoms with van der Waals surface area (Å²) < 4.78 is 16.3. The van der Waals surface area contributed by atoms with Gasteiger partial charge in [-0.2, -0.15) is 0 Å². The van der Waals surface area contributed by atoms with Crippen molar-refractivity contribution in [2.24, 2.45) is 5.73 Å². The molecule has 6 N–H and O–H groups in total. The highest BCUT2D eigenvalue weighted by Gasteiger charge is 2.10. The van der Waals surface area contributed by atoms with Crippen molar-refractivity contribution in [3.63, 3.8) is 0 Å². The normalized spacial score (nSPS) is 10.9. The zero-order valence-electron chi connectivity index (χ0n) is 15.6. The molecule has 2 rings (SSSR count). The van der Waals surface area contributed by atoms with Gasteiger partial charge in [-0.25, -0.2) is 4.39 Å². The van der Waals surface area contributed by atoms with Gasteiger partial charge in [-0.1, -0.05) is 17.7 Å². The first-order chi connectivity index (χ1) is 13.3. The van der Waals surface area contributed by atoms with E-state index in [0.29, 0.717) is 33.3 Å². The Morgan fingerprint density at radius 1 is 1.18 bits per heavy atom. The lowest BCUT2D eigenvalue weighted by molar-refractivity contribution is 0.102. The van der Waals surface area contributed by atoms with Crippen LogP contribution in [-0.2, 0) is 0 Å². The van der Waals surface area contributed by atoms with Crippen molar-refractivity contribution in [1.82, 2.24) is 0 Å². The van der Waals surface area contributed by atoms with Crippen molar-refractivity contribution >= 4 is 46.5 Å². The Labute approximate surface area is 172 Å².